The number of carbonyl (C=O) groups is 1. The molecule has 2 aliphatic rings. The maximum atomic E-state index is 13.2. The molecule has 1 aromatic heterocycles. The van der Waals surface area contributed by atoms with Gasteiger partial charge in [-0.05, 0) is 43.3 Å². The van der Waals surface area contributed by atoms with Crippen LogP contribution in [-0.4, -0.2) is 38.7 Å². The summed E-state index contributed by atoms with van der Waals surface area (Å²) in [5, 5.41) is 9.04. The van der Waals surface area contributed by atoms with Crippen molar-refractivity contribution >= 4 is 23.1 Å². The van der Waals surface area contributed by atoms with Crippen molar-refractivity contribution in [1.82, 2.24) is 20.0 Å². The maximum absolute atomic E-state index is 13.2. The van der Waals surface area contributed by atoms with Crippen LogP contribution < -0.4 is 5.32 Å². The number of nitrogens with one attached hydrogen (secondary N) is 1. The van der Waals surface area contributed by atoms with Gasteiger partial charge in [0.15, 0.2) is 10.9 Å². The van der Waals surface area contributed by atoms with Crippen molar-refractivity contribution in [2.45, 2.75) is 84.7 Å². The third-order valence-corrected chi connectivity index (χ3v) is 6.48. The summed E-state index contributed by atoms with van der Waals surface area (Å²) >= 11 is 5.63. The monoisotopic (exact) mass is 416 g/mol. The van der Waals surface area contributed by atoms with E-state index >= 15 is 0 Å². The van der Waals surface area contributed by atoms with Crippen molar-refractivity contribution in [3.63, 3.8) is 0 Å². The Morgan fingerprint density at radius 1 is 1.34 bits per heavy atom. The predicted octanol–water partition coefficient (Wildman–Crippen LogP) is 4.82. The Hall–Kier alpha value is -1.69. The zero-order valence-corrected chi connectivity index (χ0v) is 19.1. The number of thiocarbonyl (C=S) groups is 1. The van der Waals surface area contributed by atoms with Crippen LogP contribution in [0.4, 0.5) is 0 Å². The van der Waals surface area contributed by atoms with Gasteiger partial charge in [0, 0.05) is 26.1 Å². The molecular formula is C23H36N4OS. The van der Waals surface area contributed by atoms with Crippen molar-refractivity contribution in [2.75, 3.05) is 13.1 Å². The summed E-state index contributed by atoms with van der Waals surface area (Å²) in [6.45, 7) is 12.8. The number of fused-ring (bicyclic) bond motifs is 1. The molecule has 3 rings (SSSR count). The molecule has 160 valence electrons. The molecule has 1 aliphatic heterocycles. The van der Waals surface area contributed by atoms with Crippen LogP contribution >= 0.6 is 12.2 Å². The van der Waals surface area contributed by atoms with Crippen LogP contribution in [0.3, 0.4) is 0 Å². The van der Waals surface area contributed by atoms with Crippen molar-refractivity contribution < 1.29 is 4.79 Å². The van der Waals surface area contributed by atoms with Crippen molar-refractivity contribution in [3.8, 4) is 0 Å². The molecule has 0 radical (unpaired) electrons. The lowest BCUT2D eigenvalue weighted by Crippen LogP contribution is -2.40. The van der Waals surface area contributed by atoms with E-state index < -0.39 is 0 Å². The molecule has 1 aromatic rings. The first kappa shape index (κ1) is 22.0. The highest BCUT2D eigenvalue weighted by Gasteiger charge is 2.40. The molecule has 1 saturated heterocycles. The summed E-state index contributed by atoms with van der Waals surface area (Å²) in [6.07, 6.45) is 10.2. The first-order chi connectivity index (χ1) is 13.9. The Balaban J connectivity index is 1.92. The molecule has 0 amide bonds. The molecule has 1 atom stereocenters. The zero-order chi connectivity index (χ0) is 21.0. The van der Waals surface area contributed by atoms with E-state index in [0.29, 0.717) is 13.0 Å². The Labute approximate surface area is 180 Å². The number of nitrogens with zero attached hydrogens (tertiary/aromatic N) is 3. The Morgan fingerprint density at radius 3 is 2.86 bits per heavy atom. The average Bonchev–Trinajstić information content (AvgIpc) is 3.27. The summed E-state index contributed by atoms with van der Waals surface area (Å²) in [6, 6.07) is 0.0932. The minimum Gasteiger partial charge on any atom is -0.359 e. The van der Waals surface area contributed by atoms with Crippen LogP contribution in [0.15, 0.2) is 12.7 Å². The minimum absolute atomic E-state index is 0.00125. The smallest absolute Gasteiger partial charge is 0.169 e. The number of hydrogen-bond donors (Lipinski definition) is 1. The highest BCUT2D eigenvalue weighted by molar-refractivity contribution is 7.80. The topological polar surface area (TPSA) is 50.2 Å². The Kier molecular flexibility index (Phi) is 7.14. The maximum Gasteiger partial charge on any atom is 0.169 e. The van der Waals surface area contributed by atoms with E-state index in [9.17, 15) is 4.79 Å². The predicted molar refractivity (Wildman–Crippen MR) is 122 cm³/mol. The average molecular weight is 417 g/mol. The van der Waals surface area contributed by atoms with Gasteiger partial charge < -0.3 is 10.2 Å². The second kappa shape index (κ2) is 9.41. The number of unbranched alkanes of at least 4 members (excludes halogenated alkanes) is 3. The minimum atomic E-state index is -0.00125. The molecule has 29 heavy (non-hydrogen) atoms. The Morgan fingerprint density at radius 2 is 2.14 bits per heavy atom. The number of aromatic nitrogens is 2. The zero-order valence-electron chi connectivity index (χ0n) is 18.3. The number of hydrogen-bond acceptors (Lipinski definition) is 3. The van der Waals surface area contributed by atoms with E-state index in [1.807, 2.05) is 6.08 Å². The molecule has 1 fully saturated rings. The van der Waals surface area contributed by atoms with E-state index in [0.717, 1.165) is 60.8 Å². The van der Waals surface area contributed by atoms with Gasteiger partial charge in [0.05, 0.1) is 23.0 Å². The van der Waals surface area contributed by atoms with Gasteiger partial charge in [-0.3, -0.25) is 9.48 Å². The summed E-state index contributed by atoms with van der Waals surface area (Å²) in [4.78, 5) is 15.4. The first-order valence-corrected chi connectivity index (χ1v) is 11.6. The Bertz CT molecular complexity index is 767. The van der Waals surface area contributed by atoms with Gasteiger partial charge in [-0.2, -0.15) is 5.10 Å². The molecule has 1 aliphatic carbocycles. The van der Waals surface area contributed by atoms with Gasteiger partial charge in [-0.1, -0.05) is 46.1 Å². The molecule has 6 heteroatoms. The number of rotatable bonds is 8. The molecule has 2 heterocycles. The molecule has 0 bridgehead atoms. The van der Waals surface area contributed by atoms with Gasteiger partial charge in [-0.15, -0.1) is 6.58 Å². The van der Waals surface area contributed by atoms with Crippen LogP contribution in [-0.2, 0) is 13.0 Å². The fourth-order valence-electron chi connectivity index (χ4n) is 4.70. The summed E-state index contributed by atoms with van der Waals surface area (Å²) < 4.78 is 2.15. The molecule has 0 aromatic carbocycles. The fraction of sp³-hybridized carbons (Fsp3) is 0.696. The SMILES string of the molecule is C=CCNC(=S)N1CCC[C@H]1c1nn(CCCCCC)c2c1C(=O)CC(C)(C)C2. The number of carbonyl (C=O) groups excluding carboxylic acids is 1. The number of ketones is 1. The second-order valence-electron chi connectivity index (χ2n) is 9.26. The molecule has 0 saturated carbocycles. The second-order valence-corrected chi connectivity index (χ2v) is 9.64. The first-order valence-electron chi connectivity index (χ1n) is 11.2. The van der Waals surface area contributed by atoms with Gasteiger partial charge >= 0.3 is 0 Å². The van der Waals surface area contributed by atoms with E-state index in [1.54, 1.807) is 0 Å². The van der Waals surface area contributed by atoms with E-state index in [-0.39, 0.29) is 17.2 Å². The summed E-state index contributed by atoms with van der Waals surface area (Å²) in [5.74, 6) is 0.253. The molecule has 0 spiro atoms. The lowest BCUT2D eigenvalue weighted by atomic mass is 9.75. The van der Waals surface area contributed by atoms with Gasteiger partial charge in [-0.25, -0.2) is 0 Å². The van der Waals surface area contributed by atoms with E-state index in [2.05, 4.69) is 42.2 Å². The lowest BCUT2D eigenvalue weighted by molar-refractivity contribution is 0.0907. The van der Waals surface area contributed by atoms with Crippen molar-refractivity contribution in [1.29, 1.82) is 0 Å². The fourth-order valence-corrected chi connectivity index (χ4v) is 5.00. The van der Waals surface area contributed by atoms with Gasteiger partial charge in [0.1, 0.15) is 0 Å². The largest absolute Gasteiger partial charge is 0.359 e. The highest BCUT2D eigenvalue weighted by atomic mass is 32.1. The number of Topliss-reactive ketones (excluding diaryl/α,β-unsaturated/α-hetero) is 1. The molecular weight excluding hydrogens is 380 g/mol. The van der Waals surface area contributed by atoms with E-state index in [1.165, 1.54) is 19.3 Å². The van der Waals surface area contributed by atoms with Crippen molar-refractivity contribution in [3.05, 3.63) is 29.6 Å². The quantitative estimate of drug-likeness (QED) is 0.374. The van der Waals surface area contributed by atoms with Crippen LogP contribution in [0.5, 0.6) is 0 Å². The lowest BCUT2D eigenvalue weighted by Gasteiger charge is -2.30. The van der Waals surface area contributed by atoms with Gasteiger partial charge in [0.25, 0.3) is 0 Å². The third kappa shape index (κ3) is 4.90. The standard InChI is InChI=1S/C23H36N4OS/c1-5-7-8-9-14-27-18-15-23(3,4)16-19(28)20(18)21(25-27)17-11-10-13-26(17)22(29)24-12-6-2/h6,17H,2,5,7-16H2,1,3-4H3,(H,24,29)/t17-/m0/s1. The third-order valence-electron chi connectivity index (χ3n) is 6.10. The van der Waals surface area contributed by atoms with Gasteiger partial charge in [0.2, 0.25) is 0 Å². The summed E-state index contributed by atoms with van der Waals surface area (Å²) in [5.41, 5.74) is 2.99. The number of aryl methyl sites for hydroxylation is 1. The molecule has 0 unspecified atom stereocenters. The van der Waals surface area contributed by atoms with Crippen LogP contribution in [0, 0.1) is 5.41 Å². The van der Waals surface area contributed by atoms with Crippen LogP contribution in [0.25, 0.3) is 0 Å². The molecule has 5 nitrogen and oxygen atoms in total. The van der Waals surface area contributed by atoms with E-state index in [4.69, 9.17) is 17.3 Å². The van der Waals surface area contributed by atoms with Crippen LogP contribution in [0.2, 0.25) is 0 Å². The van der Waals surface area contributed by atoms with Crippen LogP contribution in [0.1, 0.15) is 93.5 Å². The highest BCUT2D eigenvalue weighted by Crippen LogP contribution is 2.41. The van der Waals surface area contributed by atoms with Crippen molar-refractivity contribution in [2.24, 2.45) is 5.41 Å². The molecule has 1 N–H and O–H groups in total. The number of likely N-dealkylation sites (tertiary alicyclic amines) is 1. The normalized spacial score (nSPS) is 20.6. The summed E-state index contributed by atoms with van der Waals surface area (Å²) in [7, 11) is 0.